The molecule has 0 fully saturated rings. The van der Waals surface area contributed by atoms with Gasteiger partial charge < -0.3 is 0 Å². The molecule has 0 atom stereocenters. The monoisotopic (exact) mass is 353 g/mol. The number of nitrogens with one attached hydrogen (secondary N) is 1. The molecule has 0 heterocycles. The minimum Gasteiger partial charge on any atom is -0.279 e. The second-order valence-electron chi connectivity index (χ2n) is 4.70. The lowest BCUT2D eigenvalue weighted by Gasteiger charge is -2.11. The normalized spacial score (nSPS) is 11.3. The Bertz CT molecular complexity index is 709. The Balaban J connectivity index is 2.32. The quantitative estimate of drug-likeness (QED) is 0.844. The molecule has 0 saturated carbocycles. The average molecular weight is 354 g/mol. The van der Waals surface area contributed by atoms with Crippen molar-refractivity contribution in [2.45, 2.75) is 24.1 Å². The van der Waals surface area contributed by atoms with Crippen LogP contribution in [0.4, 0.5) is 5.69 Å². The molecule has 0 bridgehead atoms. The molecule has 2 aromatic carbocycles. The summed E-state index contributed by atoms with van der Waals surface area (Å²) in [7, 11) is -3.54. The van der Waals surface area contributed by atoms with Crippen LogP contribution in [0.3, 0.4) is 0 Å². The molecule has 0 radical (unpaired) electrons. The van der Waals surface area contributed by atoms with Gasteiger partial charge in [0, 0.05) is 5.33 Å². The van der Waals surface area contributed by atoms with Crippen LogP contribution in [-0.2, 0) is 15.4 Å². The van der Waals surface area contributed by atoms with Gasteiger partial charge >= 0.3 is 0 Å². The number of halogens is 1. The van der Waals surface area contributed by atoms with E-state index in [4.69, 9.17) is 0 Å². The summed E-state index contributed by atoms with van der Waals surface area (Å²) in [5.41, 5.74) is 3.57. The first-order chi connectivity index (χ1) is 9.42. The summed E-state index contributed by atoms with van der Waals surface area (Å²) >= 11 is 3.34. The van der Waals surface area contributed by atoms with Gasteiger partial charge in [-0.05, 0) is 48.7 Å². The molecule has 2 rings (SSSR count). The molecule has 2 aromatic rings. The number of rotatable bonds is 4. The highest BCUT2D eigenvalue weighted by molar-refractivity contribution is 9.08. The Labute approximate surface area is 128 Å². The SMILES string of the molecule is Cc1ccc(C)c(NS(=O)(=O)c2ccc(CBr)cc2)c1. The highest BCUT2D eigenvalue weighted by atomic mass is 79.9. The highest BCUT2D eigenvalue weighted by Crippen LogP contribution is 2.21. The van der Waals surface area contributed by atoms with Crippen LogP contribution in [0.2, 0.25) is 0 Å². The van der Waals surface area contributed by atoms with Gasteiger partial charge in [-0.3, -0.25) is 4.72 Å². The van der Waals surface area contributed by atoms with Crippen molar-refractivity contribution in [1.29, 1.82) is 0 Å². The summed E-state index contributed by atoms with van der Waals surface area (Å²) in [6, 6.07) is 12.5. The first-order valence-corrected chi connectivity index (χ1v) is 8.78. The van der Waals surface area contributed by atoms with Crippen LogP contribution in [-0.4, -0.2) is 8.42 Å². The van der Waals surface area contributed by atoms with Crippen LogP contribution in [0.5, 0.6) is 0 Å². The van der Waals surface area contributed by atoms with Gasteiger partial charge in [0.1, 0.15) is 0 Å². The Hall–Kier alpha value is -1.33. The van der Waals surface area contributed by atoms with E-state index in [1.165, 1.54) is 0 Å². The van der Waals surface area contributed by atoms with Crippen molar-refractivity contribution < 1.29 is 8.42 Å². The van der Waals surface area contributed by atoms with E-state index >= 15 is 0 Å². The van der Waals surface area contributed by atoms with E-state index in [0.717, 1.165) is 16.7 Å². The molecule has 0 unspecified atom stereocenters. The highest BCUT2D eigenvalue weighted by Gasteiger charge is 2.15. The van der Waals surface area contributed by atoms with Crippen LogP contribution in [0.25, 0.3) is 0 Å². The molecule has 3 nitrogen and oxygen atoms in total. The average Bonchev–Trinajstić information content (AvgIpc) is 2.43. The van der Waals surface area contributed by atoms with Crippen LogP contribution < -0.4 is 4.72 Å². The Kier molecular flexibility index (Phi) is 4.50. The van der Waals surface area contributed by atoms with Crippen molar-refractivity contribution >= 4 is 31.6 Å². The summed E-state index contributed by atoms with van der Waals surface area (Å²) < 4.78 is 27.3. The van der Waals surface area contributed by atoms with Crippen molar-refractivity contribution in [2.24, 2.45) is 0 Å². The Morgan fingerprint density at radius 2 is 1.70 bits per heavy atom. The smallest absolute Gasteiger partial charge is 0.261 e. The lowest BCUT2D eigenvalue weighted by atomic mass is 10.1. The third-order valence-corrected chi connectivity index (χ3v) is 5.05. The maximum Gasteiger partial charge on any atom is 0.261 e. The Morgan fingerprint density at radius 1 is 1.05 bits per heavy atom. The number of hydrogen-bond acceptors (Lipinski definition) is 2. The molecule has 0 aliphatic carbocycles. The fourth-order valence-corrected chi connectivity index (χ4v) is 3.30. The van der Waals surface area contributed by atoms with Gasteiger partial charge in [0.25, 0.3) is 10.0 Å². The van der Waals surface area contributed by atoms with Crippen LogP contribution in [0.1, 0.15) is 16.7 Å². The molecule has 0 saturated heterocycles. The summed E-state index contributed by atoms with van der Waals surface area (Å²) in [6.45, 7) is 3.81. The first-order valence-electron chi connectivity index (χ1n) is 6.17. The fraction of sp³-hybridized carbons (Fsp3) is 0.200. The topological polar surface area (TPSA) is 46.2 Å². The lowest BCUT2D eigenvalue weighted by molar-refractivity contribution is 0.601. The van der Waals surface area contributed by atoms with Crippen LogP contribution >= 0.6 is 15.9 Å². The minimum absolute atomic E-state index is 0.267. The van der Waals surface area contributed by atoms with Crippen LogP contribution in [0.15, 0.2) is 47.4 Å². The number of aryl methyl sites for hydroxylation is 2. The lowest BCUT2D eigenvalue weighted by Crippen LogP contribution is -2.13. The molecule has 0 amide bonds. The number of benzene rings is 2. The first kappa shape index (κ1) is 15.1. The minimum atomic E-state index is -3.54. The number of hydrogen-bond donors (Lipinski definition) is 1. The molecule has 106 valence electrons. The van der Waals surface area contributed by atoms with Crippen molar-refractivity contribution in [3.05, 3.63) is 59.2 Å². The standard InChI is InChI=1S/C15H16BrNO2S/c1-11-3-4-12(2)15(9-11)17-20(18,19)14-7-5-13(10-16)6-8-14/h3-9,17H,10H2,1-2H3. The predicted molar refractivity (Wildman–Crippen MR) is 85.8 cm³/mol. The summed E-state index contributed by atoms with van der Waals surface area (Å²) in [6.07, 6.45) is 0. The fourth-order valence-electron chi connectivity index (χ4n) is 1.81. The molecule has 0 aliphatic heterocycles. The van der Waals surface area contributed by atoms with E-state index in [9.17, 15) is 8.42 Å². The van der Waals surface area contributed by atoms with Gasteiger partial charge in [0.2, 0.25) is 0 Å². The van der Waals surface area contributed by atoms with Gasteiger partial charge in [-0.25, -0.2) is 8.42 Å². The van der Waals surface area contributed by atoms with Gasteiger partial charge in [-0.15, -0.1) is 0 Å². The number of alkyl halides is 1. The molecule has 0 aromatic heterocycles. The Morgan fingerprint density at radius 3 is 2.30 bits per heavy atom. The van der Waals surface area contributed by atoms with Crippen LogP contribution in [0, 0.1) is 13.8 Å². The predicted octanol–water partition coefficient (Wildman–Crippen LogP) is 4.00. The van der Waals surface area contributed by atoms with E-state index in [0.29, 0.717) is 11.0 Å². The van der Waals surface area contributed by atoms with Gasteiger partial charge in [0.05, 0.1) is 10.6 Å². The molecular formula is C15H16BrNO2S. The number of anilines is 1. The third kappa shape index (κ3) is 3.41. The van der Waals surface area contributed by atoms with Gasteiger partial charge in [0.15, 0.2) is 0 Å². The zero-order valence-electron chi connectivity index (χ0n) is 11.4. The van der Waals surface area contributed by atoms with Gasteiger partial charge in [-0.2, -0.15) is 0 Å². The van der Waals surface area contributed by atoms with E-state index in [1.807, 2.05) is 32.0 Å². The molecule has 1 N–H and O–H groups in total. The summed E-state index contributed by atoms with van der Waals surface area (Å²) in [5.74, 6) is 0. The summed E-state index contributed by atoms with van der Waals surface area (Å²) in [5, 5.41) is 0.706. The second-order valence-corrected chi connectivity index (χ2v) is 6.94. The zero-order chi connectivity index (χ0) is 14.8. The van der Waals surface area contributed by atoms with E-state index in [1.54, 1.807) is 24.3 Å². The molecule has 0 aliphatic rings. The molecule has 5 heteroatoms. The molecule has 20 heavy (non-hydrogen) atoms. The van der Waals surface area contributed by atoms with Crippen molar-refractivity contribution in [3.8, 4) is 0 Å². The largest absolute Gasteiger partial charge is 0.279 e. The van der Waals surface area contributed by atoms with Crippen molar-refractivity contribution in [2.75, 3.05) is 4.72 Å². The van der Waals surface area contributed by atoms with Crippen molar-refractivity contribution in [1.82, 2.24) is 0 Å². The summed E-state index contributed by atoms with van der Waals surface area (Å²) in [4.78, 5) is 0.267. The van der Waals surface area contributed by atoms with E-state index in [2.05, 4.69) is 20.7 Å². The number of sulfonamides is 1. The zero-order valence-corrected chi connectivity index (χ0v) is 13.8. The van der Waals surface area contributed by atoms with Gasteiger partial charge in [-0.1, -0.05) is 40.2 Å². The molecule has 0 spiro atoms. The third-order valence-electron chi connectivity index (χ3n) is 3.03. The van der Waals surface area contributed by atoms with Crippen molar-refractivity contribution in [3.63, 3.8) is 0 Å². The maximum absolute atomic E-state index is 12.3. The molecular weight excluding hydrogens is 338 g/mol. The second kappa shape index (κ2) is 5.97. The van der Waals surface area contributed by atoms with E-state index < -0.39 is 10.0 Å². The van der Waals surface area contributed by atoms with E-state index in [-0.39, 0.29) is 4.90 Å². The maximum atomic E-state index is 12.3.